The van der Waals surface area contributed by atoms with Crippen LogP contribution in [0.5, 0.6) is 5.75 Å². The molecule has 0 saturated heterocycles. The molecule has 0 aliphatic heterocycles. The lowest BCUT2D eigenvalue weighted by Crippen LogP contribution is -2.11. The maximum Gasteiger partial charge on any atom is 0.305 e. The van der Waals surface area contributed by atoms with Crippen LogP contribution in [-0.4, -0.2) is 32.6 Å². The van der Waals surface area contributed by atoms with Crippen LogP contribution in [0.15, 0.2) is 53.6 Å². The summed E-state index contributed by atoms with van der Waals surface area (Å²) in [6.45, 7) is 0. The van der Waals surface area contributed by atoms with Crippen molar-refractivity contribution < 1.29 is 22.7 Å². The van der Waals surface area contributed by atoms with E-state index in [1.807, 2.05) is 0 Å². The van der Waals surface area contributed by atoms with Crippen LogP contribution in [0.1, 0.15) is 12.0 Å². The minimum Gasteiger partial charge on any atom is -0.497 e. The molecule has 0 fully saturated rings. The molecule has 27 heavy (non-hydrogen) atoms. The number of fused-ring (bicyclic) bond motifs is 1. The van der Waals surface area contributed by atoms with Gasteiger partial charge in [0.2, 0.25) is 0 Å². The first-order chi connectivity index (χ1) is 12.9. The van der Waals surface area contributed by atoms with Crippen molar-refractivity contribution in [1.29, 1.82) is 0 Å². The summed E-state index contributed by atoms with van der Waals surface area (Å²) >= 11 is 5.96. The second kappa shape index (κ2) is 7.62. The lowest BCUT2D eigenvalue weighted by Gasteiger charge is -2.08. The van der Waals surface area contributed by atoms with E-state index in [4.69, 9.17) is 16.3 Å². The summed E-state index contributed by atoms with van der Waals surface area (Å²) in [6, 6.07) is 11.2. The fourth-order valence-corrected chi connectivity index (χ4v) is 4.54. The summed E-state index contributed by atoms with van der Waals surface area (Å²) in [5.74, 6) is 0.233. The molecule has 0 amide bonds. The minimum absolute atomic E-state index is 0.0854. The van der Waals surface area contributed by atoms with Gasteiger partial charge in [0, 0.05) is 23.0 Å². The fraction of sp³-hybridized carbons (Fsp3) is 0.211. The maximum absolute atomic E-state index is 13.1. The molecule has 0 atom stereocenters. The first-order valence-corrected chi connectivity index (χ1v) is 9.94. The topological polar surface area (TPSA) is 74.6 Å². The molecule has 0 spiro atoms. The summed E-state index contributed by atoms with van der Waals surface area (Å²) in [5, 5.41) is 1.03. The number of hydrogen-bond acceptors (Lipinski definition) is 5. The van der Waals surface area contributed by atoms with Gasteiger partial charge in [-0.15, -0.1) is 0 Å². The minimum atomic E-state index is -3.86. The monoisotopic (exact) mass is 407 g/mol. The molecular formula is C19H18ClNO5S. The van der Waals surface area contributed by atoms with Crippen LogP contribution in [0.2, 0.25) is 5.02 Å². The summed E-state index contributed by atoms with van der Waals surface area (Å²) in [6.07, 6.45) is 2.02. The first-order valence-electron chi connectivity index (χ1n) is 8.12. The lowest BCUT2D eigenvalue weighted by atomic mass is 10.1. The van der Waals surface area contributed by atoms with Gasteiger partial charge in [0.1, 0.15) is 5.75 Å². The maximum atomic E-state index is 13.1. The van der Waals surface area contributed by atoms with Gasteiger partial charge in [-0.1, -0.05) is 17.7 Å². The SMILES string of the molecule is COC(=O)CCc1cn(S(=O)(=O)c2cccc(Cl)c2)c2ccc(OC)cc12. The van der Waals surface area contributed by atoms with E-state index in [1.165, 1.54) is 36.5 Å². The van der Waals surface area contributed by atoms with Crippen LogP contribution in [0.3, 0.4) is 0 Å². The predicted octanol–water partition coefficient (Wildman–Crippen LogP) is 3.65. The zero-order chi connectivity index (χ0) is 19.6. The van der Waals surface area contributed by atoms with Gasteiger partial charge in [0.15, 0.2) is 0 Å². The predicted molar refractivity (Wildman–Crippen MR) is 103 cm³/mol. The van der Waals surface area contributed by atoms with E-state index >= 15 is 0 Å². The van der Waals surface area contributed by atoms with Crippen LogP contribution < -0.4 is 4.74 Å². The number of esters is 1. The Kier molecular flexibility index (Phi) is 5.43. The number of hydrogen-bond donors (Lipinski definition) is 0. The van der Waals surface area contributed by atoms with Crippen molar-refractivity contribution in [3.63, 3.8) is 0 Å². The van der Waals surface area contributed by atoms with Crippen LogP contribution in [0, 0.1) is 0 Å². The average Bonchev–Trinajstić information content (AvgIpc) is 3.04. The van der Waals surface area contributed by atoms with Gasteiger partial charge in [-0.3, -0.25) is 4.79 Å². The molecule has 0 aliphatic carbocycles. The highest BCUT2D eigenvalue weighted by molar-refractivity contribution is 7.90. The van der Waals surface area contributed by atoms with E-state index in [9.17, 15) is 13.2 Å². The van der Waals surface area contributed by atoms with Crippen LogP contribution in [-0.2, 0) is 26.0 Å². The van der Waals surface area contributed by atoms with E-state index < -0.39 is 10.0 Å². The molecule has 0 bridgehead atoms. The van der Waals surface area contributed by atoms with Gasteiger partial charge in [-0.2, -0.15) is 0 Å². The molecule has 6 nitrogen and oxygen atoms in total. The third kappa shape index (κ3) is 3.79. The molecule has 0 aliphatic rings. The molecule has 8 heteroatoms. The van der Waals surface area contributed by atoms with Crippen LogP contribution in [0.25, 0.3) is 10.9 Å². The standard InChI is InChI=1S/C19H18ClNO5S/c1-25-15-7-8-18-17(11-15)13(6-9-19(22)26-2)12-21(18)27(23,24)16-5-3-4-14(20)10-16/h3-5,7-8,10-12H,6,9H2,1-2H3. The normalized spacial score (nSPS) is 11.5. The second-order valence-electron chi connectivity index (χ2n) is 5.87. The highest BCUT2D eigenvalue weighted by Crippen LogP contribution is 2.30. The van der Waals surface area contributed by atoms with Crippen molar-refractivity contribution in [2.75, 3.05) is 14.2 Å². The van der Waals surface area contributed by atoms with E-state index in [-0.39, 0.29) is 17.3 Å². The smallest absolute Gasteiger partial charge is 0.305 e. The zero-order valence-electron chi connectivity index (χ0n) is 14.8. The van der Waals surface area contributed by atoms with Gasteiger partial charge >= 0.3 is 5.97 Å². The van der Waals surface area contributed by atoms with E-state index in [0.29, 0.717) is 33.7 Å². The lowest BCUT2D eigenvalue weighted by molar-refractivity contribution is -0.140. The number of nitrogens with zero attached hydrogens (tertiary/aromatic N) is 1. The Morgan fingerprint density at radius 2 is 1.93 bits per heavy atom. The summed E-state index contributed by atoms with van der Waals surface area (Å²) < 4.78 is 37.4. The van der Waals surface area contributed by atoms with Gasteiger partial charge in [-0.05, 0) is 48.4 Å². The third-order valence-corrected chi connectivity index (χ3v) is 6.14. The number of benzene rings is 2. The van der Waals surface area contributed by atoms with Crippen molar-refractivity contribution in [1.82, 2.24) is 3.97 Å². The summed E-state index contributed by atoms with van der Waals surface area (Å²) in [7, 11) is -1.00. The largest absolute Gasteiger partial charge is 0.497 e. The Morgan fingerprint density at radius 1 is 1.15 bits per heavy atom. The van der Waals surface area contributed by atoms with Crippen LogP contribution in [0.4, 0.5) is 0 Å². The number of aryl methyl sites for hydroxylation is 1. The first kappa shape index (κ1) is 19.3. The Balaban J connectivity index is 2.16. The fourth-order valence-electron chi connectivity index (χ4n) is 2.85. The van der Waals surface area contributed by atoms with Gasteiger partial charge < -0.3 is 9.47 Å². The molecule has 1 heterocycles. The number of ether oxygens (including phenoxy) is 2. The molecule has 0 saturated carbocycles. The Labute approximate surface area is 162 Å². The van der Waals surface area contributed by atoms with Crippen molar-refractivity contribution in [2.45, 2.75) is 17.7 Å². The second-order valence-corrected chi connectivity index (χ2v) is 8.12. The Morgan fingerprint density at radius 3 is 2.59 bits per heavy atom. The number of rotatable bonds is 6. The number of carbonyl (C=O) groups is 1. The van der Waals surface area contributed by atoms with Gasteiger partial charge in [0.05, 0.1) is 24.6 Å². The van der Waals surface area contributed by atoms with Gasteiger partial charge in [-0.25, -0.2) is 12.4 Å². The highest BCUT2D eigenvalue weighted by atomic mass is 35.5. The van der Waals surface area contributed by atoms with Gasteiger partial charge in [0.25, 0.3) is 10.0 Å². The molecule has 0 unspecified atom stereocenters. The molecule has 142 valence electrons. The molecule has 3 rings (SSSR count). The summed E-state index contributed by atoms with van der Waals surface area (Å²) in [4.78, 5) is 11.6. The van der Waals surface area contributed by atoms with Crippen molar-refractivity contribution >= 4 is 38.5 Å². The van der Waals surface area contributed by atoms with E-state index in [1.54, 1.807) is 30.3 Å². The molecule has 0 radical (unpaired) electrons. The van der Waals surface area contributed by atoms with Crippen molar-refractivity contribution in [3.8, 4) is 5.75 Å². The average molecular weight is 408 g/mol. The quantitative estimate of drug-likeness (QED) is 0.583. The highest BCUT2D eigenvalue weighted by Gasteiger charge is 2.22. The van der Waals surface area contributed by atoms with Crippen molar-refractivity contribution in [3.05, 3.63) is 59.2 Å². The number of carbonyl (C=O) groups excluding carboxylic acids is 1. The molecule has 3 aromatic rings. The zero-order valence-corrected chi connectivity index (χ0v) is 16.4. The number of halogens is 1. The third-order valence-electron chi connectivity index (χ3n) is 4.24. The number of aromatic nitrogens is 1. The van der Waals surface area contributed by atoms with E-state index in [2.05, 4.69) is 4.74 Å². The molecule has 0 N–H and O–H groups in total. The van der Waals surface area contributed by atoms with Crippen LogP contribution >= 0.6 is 11.6 Å². The summed E-state index contributed by atoms with van der Waals surface area (Å²) in [5.41, 5.74) is 1.20. The molecule has 2 aromatic carbocycles. The Bertz CT molecular complexity index is 1100. The van der Waals surface area contributed by atoms with Crippen molar-refractivity contribution in [2.24, 2.45) is 0 Å². The van der Waals surface area contributed by atoms with E-state index in [0.717, 1.165) is 0 Å². The molecular weight excluding hydrogens is 390 g/mol. The Hall–Kier alpha value is -2.51. The number of methoxy groups -OCH3 is 2. The molecule has 1 aromatic heterocycles.